The molecule has 1 heterocycles. The summed E-state index contributed by atoms with van der Waals surface area (Å²) in [5.74, 6) is 0.180. The maximum absolute atomic E-state index is 13.3. The summed E-state index contributed by atoms with van der Waals surface area (Å²) in [4.78, 5) is 4.03. The standard InChI is InChI=1S/C17H22FN3O/c1-22-17(11-21-13-19-12-20-21,14-5-3-2-4-6-14)15-7-9-16(18)10-8-15/h7-10,12-14H,2-6,11H2,1H3. The summed E-state index contributed by atoms with van der Waals surface area (Å²) in [5.41, 5.74) is 0.528. The molecule has 1 aliphatic rings. The molecule has 118 valence electrons. The molecule has 1 atom stereocenters. The van der Waals surface area contributed by atoms with Crippen LogP contribution in [0.2, 0.25) is 0 Å². The van der Waals surface area contributed by atoms with Gasteiger partial charge in [-0.05, 0) is 36.5 Å². The highest BCUT2D eigenvalue weighted by atomic mass is 19.1. The first-order chi connectivity index (χ1) is 10.7. The molecule has 1 unspecified atom stereocenters. The monoisotopic (exact) mass is 303 g/mol. The van der Waals surface area contributed by atoms with Crippen LogP contribution in [0.4, 0.5) is 4.39 Å². The van der Waals surface area contributed by atoms with Gasteiger partial charge in [0.15, 0.2) is 0 Å². The van der Waals surface area contributed by atoms with Gasteiger partial charge in [-0.2, -0.15) is 5.10 Å². The number of halogens is 1. The Bertz CT molecular complexity index is 578. The van der Waals surface area contributed by atoms with E-state index in [9.17, 15) is 4.39 Å². The molecule has 4 nitrogen and oxygen atoms in total. The molecule has 5 heteroatoms. The van der Waals surface area contributed by atoms with E-state index in [0.717, 1.165) is 18.4 Å². The second-order valence-electron chi connectivity index (χ2n) is 6.03. The van der Waals surface area contributed by atoms with Crippen molar-refractivity contribution in [3.05, 3.63) is 48.3 Å². The highest BCUT2D eigenvalue weighted by Gasteiger charge is 2.41. The van der Waals surface area contributed by atoms with Crippen molar-refractivity contribution in [2.75, 3.05) is 7.11 Å². The number of benzene rings is 1. The minimum absolute atomic E-state index is 0.224. The topological polar surface area (TPSA) is 39.9 Å². The van der Waals surface area contributed by atoms with Crippen LogP contribution in [0.3, 0.4) is 0 Å². The second-order valence-corrected chi connectivity index (χ2v) is 6.03. The molecule has 22 heavy (non-hydrogen) atoms. The van der Waals surface area contributed by atoms with Crippen molar-refractivity contribution < 1.29 is 9.13 Å². The first-order valence-electron chi connectivity index (χ1n) is 7.88. The third kappa shape index (κ3) is 2.90. The van der Waals surface area contributed by atoms with Gasteiger partial charge in [-0.25, -0.2) is 14.1 Å². The van der Waals surface area contributed by atoms with Crippen LogP contribution in [-0.4, -0.2) is 21.9 Å². The van der Waals surface area contributed by atoms with Gasteiger partial charge in [-0.1, -0.05) is 31.4 Å². The van der Waals surface area contributed by atoms with Gasteiger partial charge in [0.05, 0.1) is 6.54 Å². The molecule has 0 saturated heterocycles. The van der Waals surface area contributed by atoms with Crippen LogP contribution in [0.5, 0.6) is 0 Å². The van der Waals surface area contributed by atoms with E-state index in [1.165, 1.54) is 37.7 Å². The molecular formula is C17H22FN3O. The van der Waals surface area contributed by atoms with Gasteiger partial charge in [-0.3, -0.25) is 0 Å². The second kappa shape index (κ2) is 6.57. The lowest BCUT2D eigenvalue weighted by molar-refractivity contribution is -0.0906. The van der Waals surface area contributed by atoms with Crippen molar-refractivity contribution >= 4 is 0 Å². The molecule has 3 rings (SSSR count). The molecule has 0 radical (unpaired) electrons. The molecule has 0 N–H and O–H groups in total. The first-order valence-corrected chi connectivity index (χ1v) is 7.88. The Hall–Kier alpha value is -1.75. The number of methoxy groups -OCH3 is 1. The molecule has 1 aromatic heterocycles. The summed E-state index contributed by atoms with van der Waals surface area (Å²) in [6.07, 6.45) is 9.21. The summed E-state index contributed by atoms with van der Waals surface area (Å²) < 4.78 is 21.2. The van der Waals surface area contributed by atoms with Gasteiger partial charge in [0, 0.05) is 7.11 Å². The van der Waals surface area contributed by atoms with Crippen molar-refractivity contribution in [1.82, 2.24) is 14.8 Å². The number of rotatable bonds is 5. The minimum atomic E-state index is -0.484. The summed E-state index contributed by atoms with van der Waals surface area (Å²) in [6, 6.07) is 6.69. The fourth-order valence-corrected chi connectivity index (χ4v) is 3.66. The maximum atomic E-state index is 13.3. The summed E-state index contributed by atoms with van der Waals surface area (Å²) in [6.45, 7) is 0.597. The zero-order valence-electron chi connectivity index (χ0n) is 12.9. The molecule has 2 aromatic rings. The maximum Gasteiger partial charge on any atom is 0.137 e. The number of ether oxygens (including phenoxy) is 1. The van der Waals surface area contributed by atoms with Crippen molar-refractivity contribution in [1.29, 1.82) is 0 Å². The van der Waals surface area contributed by atoms with Gasteiger partial charge >= 0.3 is 0 Å². The van der Waals surface area contributed by atoms with Crippen LogP contribution < -0.4 is 0 Å². The van der Waals surface area contributed by atoms with E-state index in [1.807, 2.05) is 16.8 Å². The first kappa shape index (κ1) is 15.2. The normalized spacial score (nSPS) is 19.0. The van der Waals surface area contributed by atoms with Crippen molar-refractivity contribution in [2.45, 2.75) is 44.2 Å². The van der Waals surface area contributed by atoms with Crippen LogP contribution in [0.15, 0.2) is 36.9 Å². The zero-order valence-corrected chi connectivity index (χ0v) is 12.9. The lowest BCUT2D eigenvalue weighted by Gasteiger charge is -2.42. The van der Waals surface area contributed by atoms with Crippen LogP contribution in [0, 0.1) is 11.7 Å². The lowest BCUT2D eigenvalue weighted by atomic mass is 9.73. The predicted octanol–water partition coefficient (Wildman–Crippen LogP) is 3.54. The number of nitrogens with zero attached hydrogens (tertiary/aromatic N) is 3. The van der Waals surface area contributed by atoms with Crippen LogP contribution in [0.1, 0.15) is 37.7 Å². The summed E-state index contributed by atoms with van der Waals surface area (Å²) in [7, 11) is 1.74. The van der Waals surface area contributed by atoms with Crippen molar-refractivity contribution in [2.24, 2.45) is 5.92 Å². The minimum Gasteiger partial charge on any atom is -0.371 e. The highest BCUT2D eigenvalue weighted by molar-refractivity contribution is 5.25. The average Bonchev–Trinajstić information content (AvgIpc) is 3.07. The Morgan fingerprint density at radius 3 is 2.55 bits per heavy atom. The van der Waals surface area contributed by atoms with E-state index in [-0.39, 0.29) is 5.82 Å². The Labute approximate surface area is 130 Å². The Morgan fingerprint density at radius 1 is 1.23 bits per heavy atom. The van der Waals surface area contributed by atoms with E-state index in [4.69, 9.17) is 4.74 Å². The molecule has 1 fully saturated rings. The van der Waals surface area contributed by atoms with E-state index < -0.39 is 5.60 Å². The van der Waals surface area contributed by atoms with E-state index in [2.05, 4.69) is 10.1 Å². The fraction of sp³-hybridized carbons (Fsp3) is 0.529. The summed E-state index contributed by atoms with van der Waals surface area (Å²) in [5, 5.41) is 4.24. The largest absolute Gasteiger partial charge is 0.371 e. The Kier molecular flexibility index (Phi) is 4.52. The third-order valence-corrected chi connectivity index (χ3v) is 4.83. The molecular weight excluding hydrogens is 281 g/mol. The molecule has 0 aliphatic heterocycles. The molecule has 1 aliphatic carbocycles. The molecule has 1 saturated carbocycles. The number of hydrogen-bond donors (Lipinski definition) is 0. The average molecular weight is 303 g/mol. The zero-order chi connectivity index (χ0) is 15.4. The van der Waals surface area contributed by atoms with Gasteiger partial charge in [0.2, 0.25) is 0 Å². The molecule has 0 spiro atoms. The SMILES string of the molecule is COC(Cn1cncn1)(c1ccc(F)cc1)C1CCCCC1. The molecule has 0 bridgehead atoms. The molecule has 1 aromatic carbocycles. The van der Waals surface area contributed by atoms with E-state index in [1.54, 1.807) is 13.4 Å². The van der Waals surface area contributed by atoms with Gasteiger partial charge in [0.1, 0.15) is 24.1 Å². The Balaban J connectivity index is 2.00. The van der Waals surface area contributed by atoms with Gasteiger partial charge in [-0.15, -0.1) is 0 Å². The van der Waals surface area contributed by atoms with E-state index >= 15 is 0 Å². The fourth-order valence-electron chi connectivity index (χ4n) is 3.66. The predicted molar refractivity (Wildman–Crippen MR) is 81.7 cm³/mol. The van der Waals surface area contributed by atoms with Crippen molar-refractivity contribution in [3.8, 4) is 0 Å². The van der Waals surface area contributed by atoms with E-state index in [0.29, 0.717) is 12.5 Å². The lowest BCUT2D eigenvalue weighted by Crippen LogP contribution is -2.42. The van der Waals surface area contributed by atoms with Gasteiger partial charge in [0.25, 0.3) is 0 Å². The molecule has 0 amide bonds. The highest BCUT2D eigenvalue weighted by Crippen LogP contribution is 2.43. The summed E-state index contributed by atoms with van der Waals surface area (Å²) >= 11 is 0. The van der Waals surface area contributed by atoms with Crippen LogP contribution in [0.25, 0.3) is 0 Å². The number of aromatic nitrogens is 3. The number of hydrogen-bond acceptors (Lipinski definition) is 3. The van der Waals surface area contributed by atoms with Gasteiger partial charge < -0.3 is 4.74 Å². The quantitative estimate of drug-likeness (QED) is 0.848. The third-order valence-electron chi connectivity index (χ3n) is 4.83. The van der Waals surface area contributed by atoms with Crippen LogP contribution >= 0.6 is 0 Å². The van der Waals surface area contributed by atoms with Crippen molar-refractivity contribution in [3.63, 3.8) is 0 Å². The Morgan fingerprint density at radius 2 is 1.95 bits per heavy atom. The smallest absolute Gasteiger partial charge is 0.137 e. The van der Waals surface area contributed by atoms with Crippen LogP contribution in [-0.2, 0) is 16.9 Å².